The van der Waals surface area contributed by atoms with Crippen molar-refractivity contribution in [2.24, 2.45) is 5.92 Å². The van der Waals surface area contributed by atoms with Crippen LogP contribution in [0.25, 0.3) is 5.57 Å². The summed E-state index contributed by atoms with van der Waals surface area (Å²) in [6, 6.07) is 7.80. The number of nitrogen functional groups attached to an aromatic ring is 1. The number of benzene rings is 1. The van der Waals surface area contributed by atoms with Gasteiger partial charge in [-0.25, -0.2) is 5.01 Å². The number of fused-ring (bicyclic) bond motifs is 1. The minimum atomic E-state index is -0.0187. The Labute approximate surface area is 146 Å². The molecule has 0 radical (unpaired) electrons. The van der Waals surface area contributed by atoms with Crippen LogP contribution in [-0.4, -0.2) is 36.1 Å². The fourth-order valence-electron chi connectivity index (χ4n) is 3.64. The molecule has 1 unspecified atom stereocenters. The Hall–Kier alpha value is -2.57. The van der Waals surface area contributed by atoms with Crippen molar-refractivity contribution in [2.45, 2.75) is 13.3 Å². The molecule has 2 aliphatic heterocycles. The second-order valence-corrected chi connectivity index (χ2v) is 6.68. The van der Waals surface area contributed by atoms with E-state index in [0.29, 0.717) is 13.2 Å². The summed E-state index contributed by atoms with van der Waals surface area (Å²) in [6.45, 7) is 2.72. The summed E-state index contributed by atoms with van der Waals surface area (Å²) in [5, 5.41) is 3.60. The van der Waals surface area contributed by atoms with Crippen molar-refractivity contribution in [3.8, 4) is 0 Å². The molecule has 4 rings (SSSR count). The third-order valence-electron chi connectivity index (χ3n) is 4.93. The van der Waals surface area contributed by atoms with Crippen LogP contribution in [0.2, 0.25) is 0 Å². The number of nitrogens with two attached hydrogens (primary N) is 1. The third-order valence-corrected chi connectivity index (χ3v) is 4.93. The van der Waals surface area contributed by atoms with E-state index in [1.807, 2.05) is 42.5 Å². The van der Waals surface area contributed by atoms with Crippen molar-refractivity contribution >= 4 is 17.2 Å². The summed E-state index contributed by atoms with van der Waals surface area (Å²) in [5.41, 5.74) is 11.1. The van der Waals surface area contributed by atoms with Crippen LogP contribution in [0.4, 0.5) is 5.69 Å². The number of nitrogens with zero attached hydrogens (tertiary/aromatic N) is 2. The van der Waals surface area contributed by atoms with Gasteiger partial charge in [-0.3, -0.25) is 9.80 Å². The van der Waals surface area contributed by atoms with E-state index in [1.54, 1.807) is 11.9 Å². The zero-order chi connectivity index (χ0) is 17.6. The summed E-state index contributed by atoms with van der Waals surface area (Å²) in [5.74, 6) is 0.974. The van der Waals surface area contributed by atoms with E-state index in [4.69, 9.17) is 15.5 Å². The summed E-state index contributed by atoms with van der Waals surface area (Å²) < 4.78 is 0. The van der Waals surface area contributed by atoms with Gasteiger partial charge in [-0.2, -0.15) is 4.89 Å². The molecule has 0 fully saturated rings. The van der Waals surface area contributed by atoms with Crippen molar-refractivity contribution in [1.82, 2.24) is 10.0 Å². The van der Waals surface area contributed by atoms with E-state index >= 15 is 0 Å². The van der Waals surface area contributed by atoms with Crippen LogP contribution < -0.4 is 5.73 Å². The molecule has 130 valence electrons. The summed E-state index contributed by atoms with van der Waals surface area (Å²) in [6.07, 6.45) is 4.83. The molecular weight excluding hydrogens is 318 g/mol. The Bertz CT molecular complexity index is 808. The van der Waals surface area contributed by atoms with Gasteiger partial charge in [0, 0.05) is 43.9 Å². The number of hydrazine groups is 1. The quantitative estimate of drug-likeness (QED) is 0.629. The van der Waals surface area contributed by atoms with Gasteiger partial charge in [0.05, 0.1) is 0 Å². The van der Waals surface area contributed by atoms with Crippen molar-refractivity contribution in [1.29, 1.82) is 0 Å². The molecular formula is C19H21N3O3. The molecule has 6 nitrogen and oxygen atoms in total. The lowest BCUT2D eigenvalue weighted by Gasteiger charge is -2.27. The molecule has 1 aromatic rings. The Morgan fingerprint density at radius 3 is 2.76 bits per heavy atom. The first kappa shape index (κ1) is 15.9. The Kier molecular flexibility index (Phi) is 3.86. The molecule has 0 aromatic heterocycles. The first-order valence-corrected chi connectivity index (χ1v) is 8.33. The minimum absolute atomic E-state index is 0.0187. The zero-order valence-electron chi connectivity index (χ0n) is 14.4. The highest BCUT2D eigenvalue weighted by molar-refractivity contribution is 5.79. The molecule has 1 atom stereocenters. The molecule has 3 aliphatic rings. The third kappa shape index (κ3) is 2.83. The number of allylic oxidation sites excluding steroid dienone is 2. The maximum Gasteiger partial charge on any atom is 0.237 e. The molecule has 1 aliphatic carbocycles. The fraction of sp³-hybridized carbons (Fsp3) is 0.316. The summed E-state index contributed by atoms with van der Waals surface area (Å²) >= 11 is 0. The lowest BCUT2D eigenvalue weighted by molar-refractivity contribution is -0.230. The topological polar surface area (TPSA) is 68.0 Å². The van der Waals surface area contributed by atoms with E-state index in [0.717, 1.165) is 34.6 Å². The lowest BCUT2D eigenvalue weighted by Crippen LogP contribution is -2.39. The van der Waals surface area contributed by atoms with Crippen LogP contribution in [0.3, 0.4) is 0 Å². The summed E-state index contributed by atoms with van der Waals surface area (Å²) in [7, 11) is 1.91. The molecule has 2 N–H and O–H groups in total. The van der Waals surface area contributed by atoms with Gasteiger partial charge < -0.3 is 10.6 Å². The second kappa shape index (κ2) is 6.06. The predicted octanol–water partition coefficient (Wildman–Crippen LogP) is 2.48. The van der Waals surface area contributed by atoms with E-state index in [9.17, 15) is 4.79 Å². The van der Waals surface area contributed by atoms with E-state index in [2.05, 4.69) is 6.08 Å². The highest BCUT2D eigenvalue weighted by Gasteiger charge is 2.34. The van der Waals surface area contributed by atoms with Gasteiger partial charge >= 0.3 is 0 Å². The van der Waals surface area contributed by atoms with Crippen LogP contribution in [0.5, 0.6) is 0 Å². The number of rotatable bonds is 1. The number of carbonyl (C=O) groups is 1. The molecule has 0 spiro atoms. The van der Waals surface area contributed by atoms with E-state index < -0.39 is 0 Å². The molecule has 0 saturated carbocycles. The largest absolute Gasteiger partial charge is 0.399 e. The van der Waals surface area contributed by atoms with Crippen molar-refractivity contribution in [3.63, 3.8) is 0 Å². The summed E-state index contributed by atoms with van der Waals surface area (Å²) in [4.78, 5) is 22.6. The number of hydrogen-bond acceptors (Lipinski definition) is 5. The average molecular weight is 339 g/mol. The predicted molar refractivity (Wildman–Crippen MR) is 94.2 cm³/mol. The normalized spacial score (nSPS) is 23.3. The van der Waals surface area contributed by atoms with E-state index in [1.165, 1.54) is 5.57 Å². The molecule has 0 saturated heterocycles. The number of hydrogen-bond donors (Lipinski definition) is 1. The molecule has 25 heavy (non-hydrogen) atoms. The van der Waals surface area contributed by atoms with Gasteiger partial charge in [0.15, 0.2) is 5.76 Å². The van der Waals surface area contributed by atoms with Crippen LogP contribution in [0, 0.1) is 5.92 Å². The van der Waals surface area contributed by atoms with Crippen LogP contribution in [0.1, 0.15) is 18.9 Å². The van der Waals surface area contributed by atoms with Gasteiger partial charge in [-0.05, 0) is 41.3 Å². The highest BCUT2D eigenvalue weighted by atomic mass is 17.2. The standard InChI is InChI=1S/C19H21N3O3/c1-12(23)22-10-18(13-3-5-16(20)6-4-13)17-7-15-11-24-25-19(15)8-14(17)9-21(22)2/h3-6,8,10,17H,7,9,11,20H2,1-2H3. The van der Waals surface area contributed by atoms with Crippen LogP contribution in [0.15, 0.2) is 53.4 Å². The average Bonchev–Trinajstić information content (AvgIpc) is 2.97. The number of anilines is 1. The fourth-order valence-corrected chi connectivity index (χ4v) is 3.64. The van der Waals surface area contributed by atoms with E-state index in [-0.39, 0.29) is 11.8 Å². The van der Waals surface area contributed by atoms with Gasteiger partial charge in [-0.1, -0.05) is 12.1 Å². The minimum Gasteiger partial charge on any atom is -0.399 e. The lowest BCUT2D eigenvalue weighted by atomic mass is 9.79. The highest BCUT2D eigenvalue weighted by Crippen LogP contribution is 2.42. The molecule has 6 heteroatoms. The SMILES string of the molecule is CC(=O)N1C=C(c2ccc(N)cc2)C2CC3=C(C=C2CN1C)OOC3. The van der Waals surface area contributed by atoms with Gasteiger partial charge in [-0.15, -0.1) is 0 Å². The zero-order valence-corrected chi connectivity index (χ0v) is 14.4. The number of carbonyl (C=O) groups excluding carboxylic acids is 1. The maximum absolute atomic E-state index is 12.1. The number of likely N-dealkylation sites (N-methyl/N-ethyl adjacent to an activating group) is 1. The van der Waals surface area contributed by atoms with Gasteiger partial charge in [0.25, 0.3) is 0 Å². The Balaban J connectivity index is 1.82. The van der Waals surface area contributed by atoms with Gasteiger partial charge in [0.2, 0.25) is 5.91 Å². The molecule has 2 heterocycles. The Morgan fingerprint density at radius 2 is 2.04 bits per heavy atom. The first-order chi connectivity index (χ1) is 12.0. The maximum atomic E-state index is 12.1. The second-order valence-electron chi connectivity index (χ2n) is 6.68. The van der Waals surface area contributed by atoms with Crippen LogP contribution >= 0.6 is 0 Å². The molecule has 1 aromatic carbocycles. The van der Waals surface area contributed by atoms with Crippen molar-refractivity contribution < 1.29 is 14.6 Å². The number of amides is 1. The smallest absolute Gasteiger partial charge is 0.237 e. The monoisotopic (exact) mass is 339 g/mol. The van der Waals surface area contributed by atoms with Gasteiger partial charge in [0.1, 0.15) is 6.61 Å². The molecule has 0 bridgehead atoms. The van der Waals surface area contributed by atoms with Crippen molar-refractivity contribution in [2.75, 3.05) is 25.9 Å². The Morgan fingerprint density at radius 1 is 1.28 bits per heavy atom. The first-order valence-electron chi connectivity index (χ1n) is 8.33. The van der Waals surface area contributed by atoms with Crippen molar-refractivity contribution in [3.05, 3.63) is 59.0 Å². The van der Waals surface area contributed by atoms with Crippen LogP contribution in [-0.2, 0) is 14.6 Å². The molecule has 1 amide bonds.